The van der Waals surface area contributed by atoms with Crippen LogP contribution in [0.1, 0.15) is 10.4 Å². The molecule has 0 fully saturated rings. The second-order valence-electron chi connectivity index (χ2n) is 3.54. The van der Waals surface area contributed by atoms with Gasteiger partial charge in [-0.15, -0.1) is 0 Å². The highest BCUT2D eigenvalue weighted by atomic mass is 79.9. The number of rotatable bonds is 3. The quantitative estimate of drug-likeness (QED) is 0.872. The van der Waals surface area contributed by atoms with Gasteiger partial charge < -0.3 is 15.2 Å². The number of nitrogens with zero attached hydrogens (tertiary/aromatic N) is 2. The molecule has 0 radical (unpaired) electrons. The molecule has 2 heterocycles. The van der Waals surface area contributed by atoms with Crippen LogP contribution in [-0.4, -0.2) is 23.0 Å². The Labute approximate surface area is 117 Å². The highest BCUT2D eigenvalue weighted by molar-refractivity contribution is 9.10. The molecule has 2 aromatic heterocycles. The molecule has 0 saturated heterocycles. The van der Waals surface area contributed by atoms with Gasteiger partial charge in [0.05, 0.1) is 30.8 Å². The van der Waals surface area contributed by atoms with Gasteiger partial charge in [-0.3, -0.25) is 4.98 Å². The number of anilines is 1. The zero-order valence-corrected chi connectivity index (χ0v) is 11.5. The summed E-state index contributed by atoms with van der Waals surface area (Å²) in [6, 6.07) is 3.14. The summed E-state index contributed by atoms with van der Waals surface area (Å²) in [7, 11) is 1.28. The summed E-state index contributed by atoms with van der Waals surface area (Å²) in [6.07, 6.45) is 4.50. The van der Waals surface area contributed by atoms with Crippen molar-refractivity contribution in [1.82, 2.24) is 9.97 Å². The van der Waals surface area contributed by atoms with Gasteiger partial charge in [-0.05, 0) is 22.0 Å². The van der Waals surface area contributed by atoms with Crippen LogP contribution in [0.5, 0.6) is 11.6 Å². The van der Waals surface area contributed by atoms with E-state index in [1.54, 1.807) is 12.3 Å². The lowest BCUT2D eigenvalue weighted by Crippen LogP contribution is -2.06. The lowest BCUT2D eigenvalue weighted by Gasteiger charge is -2.07. The summed E-state index contributed by atoms with van der Waals surface area (Å²) < 4.78 is 10.9. The summed E-state index contributed by atoms with van der Waals surface area (Å²) in [5, 5.41) is 0. The van der Waals surface area contributed by atoms with Crippen LogP contribution in [0.4, 0.5) is 5.69 Å². The van der Waals surface area contributed by atoms with E-state index in [4.69, 9.17) is 10.5 Å². The first-order valence-corrected chi connectivity index (χ1v) is 6.01. The van der Waals surface area contributed by atoms with E-state index in [1.807, 2.05) is 0 Å². The number of carbonyl (C=O) groups is 1. The van der Waals surface area contributed by atoms with E-state index >= 15 is 0 Å². The zero-order chi connectivity index (χ0) is 13.8. The third-order valence-electron chi connectivity index (χ3n) is 2.22. The number of ether oxygens (including phenoxy) is 2. The Morgan fingerprint density at radius 3 is 2.79 bits per heavy atom. The second-order valence-corrected chi connectivity index (χ2v) is 4.46. The van der Waals surface area contributed by atoms with E-state index < -0.39 is 5.97 Å². The largest absolute Gasteiger partial charge is 0.465 e. The Hall–Kier alpha value is -2.15. The molecular weight excluding hydrogens is 314 g/mol. The van der Waals surface area contributed by atoms with Crippen molar-refractivity contribution in [3.63, 3.8) is 0 Å². The summed E-state index contributed by atoms with van der Waals surface area (Å²) in [5.41, 5.74) is 6.08. The van der Waals surface area contributed by atoms with Crippen molar-refractivity contribution >= 4 is 27.6 Å². The fourth-order valence-corrected chi connectivity index (χ4v) is 1.70. The number of carbonyl (C=O) groups excluding carboxylic acids is 1. The Kier molecular flexibility index (Phi) is 3.96. The van der Waals surface area contributed by atoms with Gasteiger partial charge in [-0.1, -0.05) is 0 Å². The molecule has 7 heteroatoms. The Morgan fingerprint density at radius 1 is 1.32 bits per heavy atom. The normalized spacial score (nSPS) is 10.0. The minimum absolute atomic E-state index is 0.204. The standard InChI is InChI=1S/C12H10BrN3O3/c1-18-12(17)9-3-11(16-6-10(9)14)19-8-2-7(13)4-15-5-8/h2-6H,14H2,1H3. The average molecular weight is 324 g/mol. The van der Waals surface area contributed by atoms with Crippen molar-refractivity contribution in [2.75, 3.05) is 12.8 Å². The Bertz CT molecular complexity index is 619. The summed E-state index contributed by atoms with van der Waals surface area (Å²) >= 11 is 3.28. The first-order valence-electron chi connectivity index (χ1n) is 5.22. The molecule has 0 atom stereocenters. The van der Waals surface area contributed by atoms with Crippen molar-refractivity contribution in [2.24, 2.45) is 0 Å². The van der Waals surface area contributed by atoms with Crippen molar-refractivity contribution in [3.05, 3.63) is 40.8 Å². The molecule has 98 valence electrons. The Morgan fingerprint density at radius 2 is 2.11 bits per heavy atom. The maximum absolute atomic E-state index is 11.5. The van der Waals surface area contributed by atoms with Gasteiger partial charge in [-0.25, -0.2) is 9.78 Å². The minimum atomic E-state index is -0.544. The fraction of sp³-hybridized carbons (Fsp3) is 0.0833. The SMILES string of the molecule is COC(=O)c1cc(Oc2cncc(Br)c2)ncc1N. The van der Waals surface area contributed by atoms with Crippen LogP contribution in [0.15, 0.2) is 35.2 Å². The highest BCUT2D eigenvalue weighted by Crippen LogP contribution is 2.24. The number of pyridine rings is 2. The van der Waals surface area contributed by atoms with Crippen LogP contribution in [0, 0.1) is 0 Å². The first kappa shape index (κ1) is 13.3. The predicted molar refractivity (Wildman–Crippen MR) is 72.0 cm³/mol. The number of esters is 1. The maximum atomic E-state index is 11.5. The van der Waals surface area contributed by atoms with Gasteiger partial charge in [0.25, 0.3) is 0 Å². The van der Waals surface area contributed by atoms with Crippen molar-refractivity contribution in [1.29, 1.82) is 0 Å². The molecule has 2 N–H and O–H groups in total. The smallest absolute Gasteiger partial charge is 0.340 e. The van der Waals surface area contributed by atoms with E-state index in [9.17, 15) is 4.79 Å². The average Bonchev–Trinajstić information content (AvgIpc) is 2.40. The van der Waals surface area contributed by atoms with Gasteiger partial charge in [0, 0.05) is 16.7 Å². The topological polar surface area (TPSA) is 87.3 Å². The van der Waals surface area contributed by atoms with Crippen LogP contribution in [0.2, 0.25) is 0 Å². The Balaban J connectivity index is 2.29. The van der Waals surface area contributed by atoms with E-state index in [-0.39, 0.29) is 17.1 Å². The molecule has 0 saturated carbocycles. The zero-order valence-electron chi connectivity index (χ0n) is 9.96. The number of aromatic nitrogens is 2. The molecule has 0 unspecified atom stereocenters. The van der Waals surface area contributed by atoms with Gasteiger partial charge in [0.15, 0.2) is 0 Å². The molecule has 0 spiro atoms. The monoisotopic (exact) mass is 323 g/mol. The van der Waals surface area contributed by atoms with Crippen molar-refractivity contribution in [3.8, 4) is 11.6 Å². The maximum Gasteiger partial charge on any atom is 0.340 e. The second kappa shape index (κ2) is 5.66. The van der Waals surface area contributed by atoms with Crippen molar-refractivity contribution in [2.45, 2.75) is 0 Å². The van der Waals surface area contributed by atoms with Crippen LogP contribution < -0.4 is 10.5 Å². The number of nitrogen functional groups attached to an aromatic ring is 1. The van der Waals surface area contributed by atoms with Gasteiger partial charge >= 0.3 is 5.97 Å². The number of methoxy groups -OCH3 is 1. The number of nitrogens with two attached hydrogens (primary N) is 1. The molecule has 0 aliphatic carbocycles. The molecule has 19 heavy (non-hydrogen) atoms. The molecule has 0 bridgehead atoms. The van der Waals surface area contributed by atoms with E-state index in [2.05, 4.69) is 30.6 Å². The number of halogens is 1. The summed E-state index contributed by atoms with van der Waals surface area (Å²) in [4.78, 5) is 19.4. The number of hydrogen-bond acceptors (Lipinski definition) is 6. The summed E-state index contributed by atoms with van der Waals surface area (Å²) in [6.45, 7) is 0. The third-order valence-corrected chi connectivity index (χ3v) is 2.65. The van der Waals surface area contributed by atoms with Gasteiger partial charge in [0.2, 0.25) is 5.88 Å². The highest BCUT2D eigenvalue weighted by Gasteiger charge is 2.12. The molecule has 0 aliphatic rings. The molecule has 0 aromatic carbocycles. The predicted octanol–water partition coefficient (Wildman–Crippen LogP) is 2.40. The minimum Gasteiger partial charge on any atom is -0.465 e. The van der Waals surface area contributed by atoms with E-state index in [0.29, 0.717) is 5.75 Å². The van der Waals surface area contributed by atoms with E-state index in [1.165, 1.54) is 25.6 Å². The third kappa shape index (κ3) is 3.19. The molecule has 2 rings (SSSR count). The molecular formula is C12H10BrN3O3. The lowest BCUT2D eigenvalue weighted by molar-refractivity contribution is 0.0601. The summed E-state index contributed by atoms with van der Waals surface area (Å²) in [5.74, 6) is 0.175. The lowest BCUT2D eigenvalue weighted by atomic mass is 10.2. The van der Waals surface area contributed by atoms with Crippen LogP contribution >= 0.6 is 15.9 Å². The molecule has 2 aromatic rings. The number of hydrogen-bond donors (Lipinski definition) is 1. The van der Waals surface area contributed by atoms with E-state index in [0.717, 1.165) is 4.47 Å². The van der Waals surface area contributed by atoms with Crippen molar-refractivity contribution < 1.29 is 14.3 Å². The fourth-order valence-electron chi connectivity index (χ4n) is 1.36. The molecule has 0 amide bonds. The van der Waals surface area contributed by atoms with Crippen LogP contribution in [0.25, 0.3) is 0 Å². The van der Waals surface area contributed by atoms with Crippen LogP contribution in [-0.2, 0) is 4.74 Å². The molecule has 6 nitrogen and oxygen atoms in total. The van der Waals surface area contributed by atoms with Gasteiger partial charge in [-0.2, -0.15) is 0 Å². The van der Waals surface area contributed by atoms with Crippen LogP contribution in [0.3, 0.4) is 0 Å². The first-order chi connectivity index (χ1) is 9.10. The van der Waals surface area contributed by atoms with Gasteiger partial charge in [0.1, 0.15) is 5.75 Å². The molecule has 0 aliphatic heterocycles.